The Balaban J connectivity index is 1.50. The number of carbonyl (C=O) groups excluding carboxylic acids is 1. The number of benzene rings is 2. The van der Waals surface area contributed by atoms with E-state index in [0.29, 0.717) is 35.6 Å². The van der Waals surface area contributed by atoms with E-state index in [1.807, 2.05) is 4.57 Å². The van der Waals surface area contributed by atoms with Crippen molar-refractivity contribution in [3.8, 4) is 29.5 Å². The van der Waals surface area contributed by atoms with E-state index in [1.54, 1.807) is 36.4 Å². The Morgan fingerprint density at radius 3 is 2.76 bits per heavy atom. The molecule has 0 bridgehead atoms. The van der Waals surface area contributed by atoms with Gasteiger partial charge in [-0.25, -0.2) is 23.5 Å². The Morgan fingerprint density at radius 1 is 1.19 bits per heavy atom. The van der Waals surface area contributed by atoms with Gasteiger partial charge in [0.25, 0.3) is 0 Å². The van der Waals surface area contributed by atoms with Crippen LogP contribution in [0.3, 0.4) is 0 Å². The van der Waals surface area contributed by atoms with Crippen LogP contribution in [0.15, 0.2) is 48.5 Å². The summed E-state index contributed by atoms with van der Waals surface area (Å²) < 4.78 is 48.1. The molecule has 0 unspecified atom stereocenters. The predicted octanol–water partition coefficient (Wildman–Crippen LogP) is 4.55. The number of aromatic nitrogens is 3. The molecule has 37 heavy (non-hydrogen) atoms. The number of methoxy groups -OCH3 is 1. The second-order valence-electron chi connectivity index (χ2n) is 8.57. The maximum atomic E-state index is 15.3. The fourth-order valence-electron chi connectivity index (χ4n) is 4.24. The van der Waals surface area contributed by atoms with Gasteiger partial charge in [-0.3, -0.25) is 0 Å². The number of esters is 1. The van der Waals surface area contributed by atoms with Crippen molar-refractivity contribution in [2.45, 2.75) is 25.5 Å². The summed E-state index contributed by atoms with van der Waals surface area (Å²) in [5.41, 5.74) is 2.07. The van der Waals surface area contributed by atoms with Crippen molar-refractivity contribution in [2.24, 2.45) is 0 Å². The highest BCUT2D eigenvalue weighted by Crippen LogP contribution is 2.29. The van der Waals surface area contributed by atoms with Crippen LogP contribution in [0.5, 0.6) is 5.88 Å². The minimum absolute atomic E-state index is 0.00602. The van der Waals surface area contributed by atoms with E-state index in [4.69, 9.17) is 20.6 Å². The number of carbonyl (C=O) groups is 1. The standard InChI is InChI=1S/C28H23F2N3O4/c1-3-10-37-27-6-4-5-23(32-27)20-15-21(29)18(12-22(20)30)14-26-31-24-8-7-17(28(34)35-2)13-25(24)33(26)16-19-9-11-36-19/h1,4-8,12-13,15,19H,9-11,14,16H2,2H3/t19-/m0/s1. The molecule has 4 aromatic rings. The number of halogens is 2. The van der Waals surface area contributed by atoms with Crippen molar-refractivity contribution >= 4 is 17.0 Å². The monoisotopic (exact) mass is 503 g/mol. The van der Waals surface area contributed by atoms with Gasteiger partial charge in [0.15, 0.2) is 6.61 Å². The summed E-state index contributed by atoms with van der Waals surface area (Å²) in [6.45, 7) is 1.16. The molecule has 1 fully saturated rings. The van der Waals surface area contributed by atoms with E-state index in [-0.39, 0.29) is 41.8 Å². The lowest BCUT2D eigenvalue weighted by molar-refractivity contribution is -0.0589. The quantitative estimate of drug-likeness (QED) is 0.259. The number of terminal acetylenes is 1. The molecule has 1 aliphatic heterocycles. The fraction of sp³-hybridized carbons (Fsp3) is 0.250. The van der Waals surface area contributed by atoms with Gasteiger partial charge in [-0.15, -0.1) is 6.42 Å². The third kappa shape index (κ3) is 5.01. The molecule has 3 heterocycles. The second-order valence-corrected chi connectivity index (χ2v) is 8.57. The largest absolute Gasteiger partial charge is 0.465 e. The lowest BCUT2D eigenvalue weighted by atomic mass is 10.0. The molecule has 9 heteroatoms. The first kappa shape index (κ1) is 24.4. The van der Waals surface area contributed by atoms with Crippen LogP contribution < -0.4 is 4.74 Å². The summed E-state index contributed by atoms with van der Waals surface area (Å²) >= 11 is 0. The normalized spacial score (nSPS) is 14.7. The smallest absolute Gasteiger partial charge is 0.337 e. The first-order chi connectivity index (χ1) is 18.0. The van der Waals surface area contributed by atoms with Crippen LogP contribution >= 0.6 is 0 Å². The van der Waals surface area contributed by atoms with Crippen LogP contribution in [-0.2, 0) is 22.4 Å². The number of rotatable bonds is 8. The van der Waals surface area contributed by atoms with Crippen molar-refractivity contribution in [3.05, 3.63) is 77.1 Å². The van der Waals surface area contributed by atoms with Crippen molar-refractivity contribution in [1.29, 1.82) is 0 Å². The zero-order valence-corrected chi connectivity index (χ0v) is 20.0. The van der Waals surface area contributed by atoms with E-state index in [0.717, 1.165) is 18.6 Å². The van der Waals surface area contributed by atoms with Gasteiger partial charge in [0.05, 0.1) is 42.0 Å². The third-order valence-electron chi connectivity index (χ3n) is 6.22. The van der Waals surface area contributed by atoms with Crippen molar-refractivity contribution in [1.82, 2.24) is 14.5 Å². The van der Waals surface area contributed by atoms with E-state index < -0.39 is 17.6 Å². The summed E-state index contributed by atoms with van der Waals surface area (Å²) in [7, 11) is 1.31. The molecular formula is C28H23F2N3O4. The molecule has 0 saturated carbocycles. The first-order valence-corrected chi connectivity index (χ1v) is 11.7. The number of hydrogen-bond donors (Lipinski definition) is 0. The molecule has 0 spiro atoms. The van der Waals surface area contributed by atoms with Crippen LogP contribution in [0.2, 0.25) is 0 Å². The number of imidazole rings is 1. The first-order valence-electron chi connectivity index (χ1n) is 11.7. The Bertz CT molecular complexity index is 1520. The Kier molecular flexibility index (Phi) is 6.84. The summed E-state index contributed by atoms with van der Waals surface area (Å²) in [4.78, 5) is 21.0. The van der Waals surface area contributed by atoms with Gasteiger partial charge in [-0.2, -0.15) is 0 Å². The highest BCUT2D eigenvalue weighted by molar-refractivity contribution is 5.93. The molecule has 5 rings (SSSR count). The molecule has 7 nitrogen and oxygen atoms in total. The van der Waals surface area contributed by atoms with E-state index in [1.165, 1.54) is 7.11 Å². The lowest BCUT2D eigenvalue weighted by Gasteiger charge is -2.27. The number of nitrogens with zero attached hydrogens (tertiary/aromatic N) is 3. The van der Waals surface area contributed by atoms with Crippen LogP contribution in [0.25, 0.3) is 22.3 Å². The van der Waals surface area contributed by atoms with Gasteiger partial charge >= 0.3 is 5.97 Å². The maximum absolute atomic E-state index is 15.3. The number of pyridine rings is 1. The van der Waals surface area contributed by atoms with Gasteiger partial charge < -0.3 is 18.8 Å². The fourth-order valence-corrected chi connectivity index (χ4v) is 4.24. The van der Waals surface area contributed by atoms with Gasteiger partial charge in [0, 0.05) is 24.7 Å². The molecule has 0 aliphatic carbocycles. The molecule has 2 aromatic heterocycles. The SMILES string of the molecule is C#CCOc1cccc(-c2cc(F)c(Cc3nc4ccc(C(=O)OC)cc4n3C[C@@H]3CCO3)cc2F)n1. The van der Waals surface area contributed by atoms with Crippen LogP contribution in [0, 0.1) is 24.0 Å². The maximum Gasteiger partial charge on any atom is 0.337 e. The zero-order valence-electron chi connectivity index (χ0n) is 20.0. The average molecular weight is 504 g/mol. The Labute approximate surface area is 212 Å². The van der Waals surface area contributed by atoms with Crippen molar-refractivity contribution in [3.63, 3.8) is 0 Å². The average Bonchev–Trinajstić information content (AvgIpc) is 3.22. The van der Waals surface area contributed by atoms with Gasteiger partial charge in [-0.05, 0) is 48.4 Å². The summed E-state index contributed by atoms with van der Waals surface area (Å²) in [6.07, 6.45) is 6.10. The van der Waals surface area contributed by atoms with Gasteiger partial charge in [-0.1, -0.05) is 12.0 Å². The van der Waals surface area contributed by atoms with Crippen LogP contribution in [0.1, 0.15) is 28.2 Å². The van der Waals surface area contributed by atoms with E-state index >= 15 is 8.78 Å². The topological polar surface area (TPSA) is 75.5 Å². The van der Waals surface area contributed by atoms with E-state index in [2.05, 4.69) is 15.9 Å². The van der Waals surface area contributed by atoms with Crippen LogP contribution in [0.4, 0.5) is 8.78 Å². The van der Waals surface area contributed by atoms with Gasteiger partial charge in [0.1, 0.15) is 17.5 Å². The molecule has 1 atom stereocenters. The lowest BCUT2D eigenvalue weighted by Crippen LogP contribution is -2.31. The molecule has 0 N–H and O–H groups in total. The highest BCUT2D eigenvalue weighted by Gasteiger charge is 2.23. The molecule has 188 valence electrons. The van der Waals surface area contributed by atoms with Crippen molar-refractivity contribution in [2.75, 3.05) is 20.3 Å². The summed E-state index contributed by atoms with van der Waals surface area (Å²) in [5.74, 6) is 1.39. The van der Waals surface area contributed by atoms with E-state index in [9.17, 15) is 4.79 Å². The molecule has 1 aliphatic rings. The molecule has 2 aromatic carbocycles. The summed E-state index contributed by atoms with van der Waals surface area (Å²) in [5, 5.41) is 0. The molecule has 1 saturated heterocycles. The minimum atomic E-state index is -0.629. The Hall–Kier alpha value is -4.29. The third-order valence-corrected chi connectivity index (χ3v) is 6.22. The number of ether oxygens (including phenoxy) is 3. The van der Waals surface area contributed by atoms with Crippen LogP contribution in [-0.4, -0.2) is 46.9 Å². The zero-order chi connectivity index (χ0) is 25.9. The Morgan fingerprint density at radius 2 is 2.03 bits per heavy atom. The molecule has 0 amide bonds. The number of fused-ring (bicyclic) bond motifs is 1. The number of hydrogen-bond acceptors (Lipinski definition) is 6. The van der Waals surface area contributed by atoms with Crippen molar-refractivity contribution < 1.29 is 27.8 Å². The summed E-state index contributed by atoms with van der Waals surface area (Å²) in [6, 6.07) is 12.1. The highest BCUT2D eigenvalue weighted by atomic mass is 19.1. The second kappa shape index (κ2) is 10.4. The van der Waals surface area contributed by atoms with Gasteiger partial charge in [0.2, 0.25) is 5.88 Å². The predicted molar refractivity (Wildman–Crippen MR) is 132 cm³/mol. The molecular weight excluding hydrogens is 480 g/mol. The minimum Gasteiger partial charge on any atom is -0.465 e. The molecule has 0 radical (unpaired) electrons.